The molecule has 18 heavy (non-hydrogen) atoms. The van der Waals surface area contributed by atoms with Gasteiger partial charge in [0.2, 0.25) is 0 Å². The van der Waals surface area contributed by atoms with Crippen molar-refractivity contribution in [3.63, 3.8) is 0 Å². The van der Waals surface area contributed by atoms with Crippen molar-refractivity contribution in [1.29, 1.82) is 0 Å². The number of hydrogen-bond donors (Lipinski definition) is 3. The van der Waals surface area contributed by atoms with Gasteiger partial charge in [0.1, 0.15) is 11.6 Å². The highest BCUT2D eigenvalue weighted by Crippen LogP contribution is 2.31. The molecule has 0 aliphatic heterocycles. The number of phenols is 1. The first kappa shape index (κ1) is 12.5. The van der Waals surface area contributed by atoms with Crippen LogP contribution >= 0.6 is 0 Å². The van der Waals surface area contributed by atoms with Crippen LogP contribution in [0.25, 0.3) is 11.3 Å². The molecule has 0 saturated heterocycles. The van der Waals surface area contributed by atoms with E-state index in [4.69, 9.17) is 5.73 Å². The molecule has 2 rings (SSSR count). The largest absolute Gasteiger partial charge is 0.507 e. The molecule has 0 fully saturated rings. The number of H-pyrrole nitrogens is 1. The number of anilines is 1. The van der Waals surface area contributed by atoms with Crippen LogP contribution in [0, 0.1) is 5.41 Å². The number of nitrogens with two attached hydrogens (primary N) is 1. The minimum Gasteiger partial charge on any atom is -0.507 e. The van der Waals surface area contributed by atoms with Gasteiger partial charge in [-0.15, -0.1) is 0 Å². The average molecular weight is 245 g/mol. The molecule has 4 heteroatoms. The van der Waals surface area contributed by atoms with Crippen LogP contribution in [0.2, 0.25) is 0 Å². The summed E-state index contributed by atoms with van der Waals surface area (Å²) >= 11 is 0. The van der Waals surface area contributed by atoms with Gasteiger partial charge in [0.25, 0.3) is 0 Å². The molecule has 0 bridgehead atoms. The Labute approximate surface area is 107 Å². The molecule has 0 aliphatic carbocycles. The molecule has 0 saturated carbocycles. The number of phenolic OH excluding ortho intramolecular Hbond substituents is 1. The van der Waals surface area contributed by atoms with E-state index in [9.17, 15) is 5.11 Å². The molecular weight excluding hydrogens is 226 g/mol. The first-order chi connectivity index (χ1) is 8.35. The third-order valence-corrected chi connectivity index (χ3v) is 2.68. The highest BCUT2D eigenvalue weighted by Gasteiger charge is 2.14. The molecule has 4 N–H and O–H groups in total. The zero-order valence-electron chi connectivity index (χ0n) is 11.0. The normalized spacial score (nSPS) is 11.7. The van der Waals surface area contributed by atoms with E-state index in [1.165, 1.54) is 5.56 Å². The average Bonchev–Trinajstić information content (AvgIpc) is 2.66. The highest BCUT2D eigenvalue weighted by molar-refractivity contribution is 5.69. The van der Waals surface area contributed by atoms with Gasteiger partial charge in [-0.25, -0.2) is 0 Å². The lowest BCUT2D eigenvalue weighted by Crippen LogP contribution is -2.09. The van der Waals surface area contributed by atoms with E-state index < -0.39 is 0 Å². The maximum atomic E-state index is 9.91. The van der Waals surface area contributed by atoms with Crippen LogP contribution in [0.4, 0.5) is 5.82 Å². The molecule has 0 amide bonds. The Morgan fingerprint density at radius 1 is 1.28 bits per heavy atom. The van der Waals surface area contributed by atoms with Crippen LogP contribution in [-0.4, -0.2) is 15.3 Å². The Kier molecular flexibility index (Phi) is 3.03. The summed E-state index contributed by atoms with van der Waals surface area (Å²) in [4.78, 5) is 0. The summed E-state index contributed by atoms with van der Waals surface area (Å²) in [5, 5.41) is 16.6. The standard InChI is InChI=1S/C14H19N3O/c1-14(2,3)8-9-4-5-12(18)10(6-9)11-7-13(15)17-16-11/h4-7,18H,8H2,1-3H3,(H3,15,16,17). The lowest BCUT2D eigenvalue weighted by Gasteiger charge is -2.18. The van der Waals surface area contributed by atoms with Crippen molar-refractivity contribution in [2.24, 2.45) is 5.41 Å². The number of aromatic amines is 1. The molecule has 0 unspecified atom stereocenters. The fraction of sp³-hybridized carbons (Fsp3) is 0.357. The molecular formula is C14H19N3O. The number of nitrogen functional groups attached to an aromatic ring is 1. The predicted molar refractivity (Wildman–Crippen MR) is 73.3 cm³/mol. The van der Waals surface area contributed by atoms with Crippen LogP contribution in [0.3, 0.4) is 0 Å². The number of nitrogens with zero attached hydrogens (tertiary/aromatic N) is 1. The van der Waals surface area contributed by atoms with Crippen molar-refractivity contribution >= 4 is 5.82 Å². The minimum atomic E-state index is 0.210. The first-order valence-electron chi connectivity index (χ1n) is 5.98. The van der Waals surface area contributed by atoms with Crippen LogP contribution in [0.1, 0.15) is 26.3 Å². The van der Waals surface area contributed by atoms with Crippen LogP contribution in [0.15, 0.2) is 24.3 Å². The van der Waals surface area contributed by atoms with Gasteiger partial charge in [0.15, 0.2) is 0 Å². The van der Waals surface area contributed by atoms with E-state index >= 15 is 0 Å². The van der Waals surface area contributed by atoms with Gasteiger partial charge in [0.05, 0.1) is 5.69 Å². The maximum Gasteiger partial charge on any atom is 0.145 e. The quantitative estimate of drug-likeness (QED) is 0.761. The van der Waals surface area contributed by atoms with Gasteiger partial charge in [-0.3, -0.25) is 5.10 Å². The predicted octanol–water partition coefficient (Wildman–Crippen LogP) is 2.95. The van der Waals surface area contributed by atoms with Gasteiger partial charge < -0.3 is 10.8 Å². The summed E-state index contributed by atoms with van der Waals surface area (Å²) < 4.78 is 0. The second-order valence-electron chi connectivity index (χ2n) is 5.80. The van der Waals surface area contributed by atoms with E-state index in [-0.39, 0.29) is 11.2 Å². The summed E-state index contributed by atoms with van der Waals surface area (Å²) in [6.45, 7) is 6.56. The molecule has 2 aromatic rings. The van der Waals surface area contributed by atoms with E-state index in [0.29, 0.717) is 5.82 Å². The zero-order chi connectivity index (χ0) is 13.3. The number of nitrogens with one attached hydrogen (secondary N) is 1. The monoisotopic (exact) mass is 245 g/mol. The first-order valence-corrected chi connectivity index (χ1v) is 5.98. The second kappa shape index (κ2) is 4.37. The van der Waals surface area contributed by atoms with Gasteiger partial charge in [-0.1, -0.05) is 26.8 Å². The fourth-order valence-corrected chi connectivity index (χ4v) is 2.00. The summed E-state index contributed by atoms with van der Waals surface area (Å²) in [6.07, 6.45) is 0.948. The highest BCUT2D eigenvalue weighted by atomic mass is 16.3. The maximum absolute atomic E-state index is 9.91. The van der Waals surface area contributed by atoms with Crippen molar-refractivity contribution in [3.05, 3.63) is 29.8 Å². The topological polar surface area (TPSA) is 74.9 Å². The molecule has 4 nitrogen and oxygen atoms in total. The van der Waals surface area contributed by atoms with E-state index in [1.807, 2.05) is 12.1 Å². The smallest absolute Gasteiger partial charge is 0.145 e. The lowest BCUT2D eigenvalue weighted by molar-refractivity contribution is 0.410. The summed E-state index contributed by atoms with van der Waals surface area (Å²) in [6, 6.07) is 7.36. The molecule has 0 aliphatic rings. The Morgan fingerprint density at radius 3 is 2.56 bits per heavy atom. The Morgan fingerprint density at radius 2 is 2.00 bits per heavy atom. The minimum absolute atomic E-state index is 0.210. The van der Waals surface area contributed by atoms with E-state index in [0.717, 1.165) is 17.7 Å². The van der Waals surface area contributed by atoms with Gasteiger partial charge in [-0.2, -0.15) is 5.10 Å². The van der Waals surface area contributed by atoms with Crippen molar-refractivity contribution in [3.8, 4) is 17.0 Å². The SMILES string of the molecule is CC(C)(C)Cc1ccc(O)c(-c2cc(N)n[nH]2)c1. The second-order valence-corrected chi connectivity index (χ2v) is 5.80. The molecule has 0 radical (unpaired) electrons. The van der Waals surface area contributed by atoms with Crippen molar-refractivity contribution in [2.45, 2.75) is 27.2 Å². The number of benzene rings is 1. The Hall–Kier alpha value is -1.97. The van der Waals surface area contributed by atoms with Crippen LogP contribution in [-0.2, 0) is 6.42 Å². The Bertz CT molecular complexity index is 552. The van der Waals surface area contributed by atoms with Gasteiger partial charge >= 0.3 is 0 Å². The molecule has 1 aromatic carbocycles. The summed E-state index contributed by atoms with van der Waals surface area (Å²) in [7, 11) is 0. The van der Waals surface area contributed by atoms with E-state index in [2.05, 4.69) is 31.0 Å². The number of rotatable bonds is 2. The third kappa shape index (κ3) is 2.83. The molecule has 1 aromatic heterocycles. The Balaban J connectivity index is 2.39. The zero-order valence-corrected chi connectivity index (χ0v) is 11.0. The van der Waals surface area contributed by atoms with Crippen LogP contribution < -0.4 is 5.73 Å². The number of hydrogen-bond acceptors (Lipinski definition) is 3. The number of aromatic hydroxyl groups is 1. The van der Waals surface area contributed by atoms with E-state index in [1.54, 1.807) is 12.1 Å². The van der Waals surface area contributed by atoms with Gasteiger partial charge in [-0.05, 0) is 29.5 Å². The number of aromatic nitrogens is 2. The van der Waals surface area contributed by atoms with Crippen molar-refractivity contribution < 1.29 is 5.11 Å². The molecule has 0 atom stereocenters. The lowest BCUT2D eigenvalue weighted by atomic mass is 9.87. The summed E-state index contributed by atoms with van der Waals surface area (Å²) in [5.41, 5.74) is 8.45. The molecule has 0 spiro atoms. The van der Waals surface area contributed by atoms with Gasteiger partial charge in [0, 0.05) is 11.6 Å². The summed E-state index contributed by atoms with van der Waals surface area (Å²) in [5.74, 6) is 0.655. The molecule has 96 valence electrons. The third-order valence-electron chi connectivity index (χ3n) is 2.68. The van der Waals surface area contributed by atoms with Crippen molar-refractivity contribution in [1.82, 2.24) is 10.2 Å². The van der Waals surface area contributed by atoms with Crippen LogP contribution in [0.5, 0.6) is 5.75 Å². The fourth-order valence-electron chi connectivity index (χ4n) is 2.00. The molecule has 1 heterocycles. The van der Waals surface area contributed by atoms with Crippen molar-refractivity contribution in [2.75, 3.05) is 5.73 Å².